The molecule has 0 spiro atoms. The lowest BCUT2D eigenvalue weighted by atomic mass is 9.95. The van der Waals surface area contributed by atoms with Gasteiger partial charge in [0.05, 0.1) is 0 Å². The number of nitrogens with zero attached hydrogens (tertiary/aromatic N) is 1. The summed E-state index contributed by atoms with van der Waals surface area (Å²) in [7, 11) is 0. The van der Waals surface area contributed by atoms with E-state index in [1.165, 1.54) is 6.42 Å². The predicted molar refractivity (Wildman–Crippen MR) is 93.0 cm³/mol. The van der Waals surface area contributed by atoms with Crippen LogP contribution in [-0.2, 0) is 9.53 Å². The molecule has 1 aromatic carbocycles. The molecule has 5 nitrogen and oxygen atoms in total. The Morgan fingerprint density at radius 3 is 2.92 bits per heavy atom. The number of ether oxygens (including phenoxy) is 1. The Morgan fingerprint density at radius 1 is 1.29 bits per heavy atom. The molecule has 0 unspecified atom stereocenters. The summed E-state index contributed by atoms with van der Waals surface area (Å²) in [6.45, 7) is 4.48. The molecule has 2 atom stereocenters. The Balaban J connectivity index is 1.65. The number of likely N-dealkylation sites (tertiary alicyclic amines) is 1. The first-order valence-corrected chi connectivity index (χ1v) is 8.99. The van der Waals surface area contributed by atoms with Gasteiger partial charge in [0, 0.05) is 30.9 Å². The second-order valence-corrected chi connectivity index (χ2v) is 6.74. The van der Waals surface area contributed by atoms with Crippen LogP contribution in [0.2, 0.25) is 0 Å². The minimum atomic E-state index is -0.364. The number of carbonyl (C=O) groups is 2. The average Bonchev–Trinajstić information content (AvgIpc) is 3.16. The van der Waals surface area contributed by atoms with Crippen molar-refractivity contribution < 1.29 is 14.3 Å². The Bertz CT molecular complexity index is 596. The van der Waals surface area contributed by atoms with Gasteiger partial charge in [-0.1, -0.05) is 19.4 Å². The number of hydrogen-bond donors (Lipinski definition) is 1. The topological polar surface area (TPSA) is 58.6 Å². The summed E-state index contributed by atoms with van der Waals surface area (Å²) in [6.07, 6.45) is 4.70. The molecule has 2 amide bonds. The maximum absolute atomic E-state index is 12.7. The molecule has 2 fully saturated rings. The number of anilines is 1. The van der Waals surface area contributed by atoms with Crippen LogP contribution >= 0.6 is 0 Å². The summed E-state index contributed by atoms with van der Waals surface area (Å²) >= 11 is 0. The molecule has 1 N–H and O–H groups in total. The summed E-state index contributed by atoms with van der Waals surface area (Å²) in [6, 6.07) is 7.22. The fourth-order valence-electron chi connectivity index (χ4n) is 3.50. The lowest BCUT2D eigenvalue weighted by Gasteiger charge is -2.32. The monoisotopic (exact) mass is 330 g/mol. The molecule has 1 aromatic rings. The summed E-state index contributed by atoms with van der Waals surface area (Å²) in [4.78, 5) is 26.8. The minimum absolute atomic E-state index is 0.0568. The Morgan fingerprint density at radius 2 is 2.17 bits per heavy atom. The van der Waals surface area contributed by atoms with Crippen molar-refractivity contribution in [2.24, 2.45) is 5.92 Å². The first-order chi connectivity index (χ1) is 11.7. The molecule has 0 aromatic heterocycles. The highest BCUT2D eigenvalue weighted by Crippen LogP contribution is 2.22. The zero-order chi connectivity index (χ0) is 16.9. The van der Waals surface area contributed by atoms with Gasteiger partial charge in [-0.3, -0.25) is 9.59 Å². The maximum Gasteiger partial charge on any atom is 0.253 e. The SMILES string of the molecule is CC[C@H]1CCCN(C(=O)c2cccc(NC(=O)[C@H]3CCCO3)c2)C1. The molecule has 0 bridgehead atoms. The summed E-state index contributed by atoms with van der Waals surface area (Å²) in [5, 5.41) is 2.87. The average molecular weight is 330 g/mol. The molecule has 0 radical (unpaired) electrons. The van der Waals surface area contributed by atoms with Crippen LogP contribution in [0.5, 0.6) is 0 Å². The second kappa shape index (κ2) is 7.79. The molecule has 2 heterocycles. The van der Waals surface area contributed by atoms with Crippen molar-refractivity contribution >= 4 is 17.5 Å². The van der Waals surface area contributed by atoms with E-state index in [9.17, 15) is 9.59 Å². The van der Waals surface area contributed by atoms with Crippen molar-refractivity contribution in [2.75, 3.05) is 25.0 Å². The van der Waals surface area contributed by atoms with Crippen LogP contribution in [0.3, 0.4) is 0 Å². The van der Waals surface area contributed by atoms with Crippen LogP contribution in [0.15, 0.2) is 24.3 Å². The molecule has 2 aliphatic rings. The third-order valence-electron chi connectivity index (χ3n) is 4.98. The van der Waals surface area contributed by atoms with Gasteiger partial charge in [-0.05, 0) is 49.8 Å². The number of carbonyl (C=O) groups excluding carboxylic acids is 2. The van der Waals surface area contributed by atoms with Gasteiger partial charge >= 0.3 is 0 Å². The fraction of sp³-hybridized carbons (Fsp3) is 0.579. The third kappa shape index (κ3) is 3.96. The summed E-state index contributed by atoms with van der Waals surface area (Å²) in [5.41, 5.74) is 1.29. The van der Waals surface area contributed by atoms with E-state index in [1.807, 2.05) is 23.1 Å². The Labute approximate surface area is 143 Å². The van der Waals surface area contributed by atoms with Crippen molar-refractivity contribution in [1.82, 2.24) is 4.90 Å². The number of piperidine rings is 1. The number of rotatable bonds is 4. The van der Waals surface area contributed by atoms with Gasteiger partial charge in [-0.15, -0.1) is 0 Å². The second-order valence-electron chi connectivity index (χ2n) is 6.74. The van der Waals surface area contributed by atoms with Gasteiger partial charge in [0.1, 0.15) is 6.10 Å². The Kier molecular flexibility index (Phi) is 5.51. The van der Waals surface area contributed by atoms with Gasteiger partial charge in [0.15, 0.2) is 0 Å². The standard InChI is InChI=1S/C19H26N2O3/c1-2-14-6-4-10-21(13-14)19(23)15-7-3-8-16(12-15)20-18(22)17-9-5-11-24-17/h3,7-8,12,14,17H,2,4-6,9-11,13H2,1H3,(H,20,22)/t14-,17+/m0/s1. The molecule has 0 aliphatic carbocycles. The maximum atomic E-state index is 12.7. The number of hydrogen-bond acceptors (Lipinski definition) is 3. The van der Waals surface area contributed by atoms with Crippen LogP contribution < -0.4 is 5.32 Å². The van der Waals surface area contributed by atoms with Crippen molar-refractivity contribution in [1.29, 1.82) is 0 Å². The van der Waals surface area contributed by atoms with E-state index < -0.39 is 0 Å². The molecular formula is C19H26N2O3. The molecule has 2 aliphatic heterocycles. The summed E-state index contributed by atoms with van der Waals surface area (Å²) < 4.78 is 5.40. The Hall–Kier alpha value is -1.88. The highest BCUT2D eigenvalue weighted by Gasteiger charge is 2.25. The van der Waals surface area contributed by atoms with Gasteiger partial charge in [-0.2, -0.15) is 0 Å². The zero-order valence-corrected chi connectivity index (χ0v) is 14.3. The highest BCUT2D eigenvalue weighted by molar-refractivity contribution is 5.98. The quantitative estimate of drug-likeness (QED) is 0.923. The van der Waals surface area contributed by atoms with E-state index in [-0.39, 0.29) is 17.9 Å². The van der Waals surface area contributed by atoms with Crippen molar-refractivity contribution in [2.45, 2.75) is 45.1 Å². The van der Waals surface area contributed by atoms with Crippen LogP contribution in [0.4, 0.5) is 5.69 Å². The van der Waals surface area contributed by atoms with Gasteiger partial charge in [-0.25, -0.2) is 0 Å². The van der Waals surface area contributed by atoms with E-state index >= 15 is 0 Å². The van der Waals surface area contributed by atoms with E-state index in [4.69, 9.17) is 4.74 Å². The van der Waals surface area contributed by atoms with E-state index in [0.717, 1.165) is 38.8 Å². The lowest BCUT2D eigenvalue weighted by Crippen LogP contribution is -2.39. The predicted octanol–water partition coefficient (Wildman–Crippen LogP) is 3.07. The largest absolute Gasteiger partial charge is 0.368 e. The van der Waals surface area contributed by atoms with Crippen molar-refractivity contribution in [3.05, 3.63) is 29.8 Å². The smallest absolute Gasteiger partial charge is 0.253 e. The fourth-order valence-corrected chi connectivity index (χ4v) is 3.50. The lowest BCUT2D eigenvalue weighted by molar-refractivity contribution is -0.124. The number of amides is 2. The van der Waals surface area contributed by atoms with Crippen LogP contribution in [0.1, 0.15) is 49.4 Å². The molecule has 24 heavy (non-hydrogen) atoms. The third-order valence-corrected chi connectivity index (χ3v) is 4.98. The summed E-state index contributed by atoms with van der Waals surface area (Å²) in [5.74, 6) is 0.535. The molecule has 3 rings (SSSR count). The molecule has 130 valence electrons. The molecule has 5 heteroatoms. The van der Waals surface area contributed by atoms with Gasteiger partial charge in [0.25, 0.3) is 11.8 Å². The first-order valence-electron chi connectivity index (χ1n) is 8.99. The number of benzene rings is 1. The van der Waals surface area contributed by atoms with E-state index in [1.54, 1.807) is 6.07 Å². The molecule has 0 saturated carbocycles. The normalized spacial score (nSPS) is 24.0. The van der Waals surface area contributed by atoms with Crippen LogP contribution in [-0.4, -0.2) is 42.5 Å². The minimum Gasteiger partial charge on any atom is -0.368 e. The van der Waals surface area contributed by atoms with Crippen molar-refractivity contribution in [3.63, 3.8) is 0 Å². The van der Waals surface area contributed by atoms with E-state index in [2.05, 4.69) is 12.2 Å². The molecular weight excluding hydrogens is 304 g/mol. The first kappa shape index (κ1) is 17.0. The zero-order valence-electron chi connectivity index (χ0n) is 14.3. The van der Waals surface area contributed by atoms with Crippen LogP contribution in [0.25, 0.3) is 0 Å². The molecule has 2 saturated heterocycles. The van der Waals surface area contributed by atoms with E-state index in [0.29, 0.717) is 23.8 Å². The highest BCUT2D eigenvalue weighted by atomic mass is 16.5. The number of nitrogens with one attached hydrogen (secondary N) is 1. The van der Waals surface area contributed by atoms with Crippen molar-refractivity contribution in [3.8, 4) is 0 Å². The van der Waals surface area contributed by atoms with Gasteiger partial charge in [0.2, 0.25) is 0 Å². The van der Waals surface area contributed by atoms with Crippen LogP contribution in [0, 0.1) is 5.92 Å². The van der Waals surface area contributed by atoms with Gasteiger partial charge < -0.3 is 15.0 Å².